The highest BCUT2D eigenvalue weighted by atomic mass is 35.5. The van der Waals surface area contributed by atoms with Crippen molar-refractivity contribution >= 4 is 29.3 Å². The predicted molar refractivity (Wildman–Crippen MR) is 91.7 cm³/mol. The first kappa shape index (κ1) is 18.7. The van der Waals surface area contributed by atoms with E-state index in [2.05, 4.69) is 10.2 Å². The van der Waals surface area contributed by atoms with Gasteiger partial charge >= 0.3 is 0 Å². The van der Waals surface area contributed by atoms with Gasteiger partial charge in [0, 0.05) is 24.7 Å². The number of halogens is 2. The average Bonchev–Trinajstić information content (AvgIpc) is 2.95. The number of rotatable bonds is 6. The molecule has 0 aliphatic heterocycles. The molecule has 1 heterocycles. The van der Waals surface area contributed by atoms with Crippen LogP contribution in [0.25, 0.3) is 0 Å². The van der Waals surface area contributed by atoms with Crippen LogP contribution in [0.15, 0.2) is 27.8 Å². The van der Waals surface area contributed by atoms with Crippen LogP contribution in [0.2, 0.25) is 5.02 Å². The van der Waals surface area contributed by atoms with Crippen LogP contribution in [0.3, 0.4) is 0 Å². The first-order valence-corrected chi connectivity index (χ1v) is 8.68. The van der Waals surface area contributed by atoms with Crippen LogP contribution in [-0.2, 0) is 11.2 Å². The second kappa shape index (κ2) is 7.98. The van der Waals surface area contributed by atoms with Gasteiger partial charge in [0.25, 0.3) is 5.22 Å². The van der Waals surface area contributed by atoms with Gasteiger partial charge in [0.1, 0.15) is 5.82 Å². The predicted octanol–water partition coefficient (Wildman–Crippen LogP) is 3.66. The van der Waals surface area contributed by atoms with Gasteiger partial charge in [-0.05, 0) is 18.1 Å². The Morgan fingerprint density at radius 3 is 2.67 bits per heavy atom. The summed E-state index contributed by atoms with van der Waals surface area (Å²) in [6.45, 7) is 3.91. The van der Waals surface area contributed by atoms with E-state index in [1.807, 2.05) is 13.8 Å². The maximum atomic E-state index is 13.8. The molecule has 0 fully saturated rings. The molecule has 130 valence electrons. The molecule has 0 radical (unpaired) electrons. The molecule has 1 atom stereocenters. The molecule has 1 unspecified atom stereocenters. The van der Waals surface area contributed by atoms with Crippen LogP contribution in [0, 0.1) is 11.7 Å². The van der Waals surface area contributed by atoms with E-state index in [0.717, 1.165) is 0 Å². The molecule has 1 amide bonds. The van der Waals surface area contributed by atoms with Crippen molar-refractivity contribution in [2.24, 2.45) is 5.92 Å². The Hall–Kier alpha value is -1.60. The zero-order chi connectivity index (χ0) is 17.9. The van der Waals surface area contributed by atoms with E-state index in [1.54, 1.807) is 20.2 Å². The molecule has 1 aromatic carbocycles. The van der Waals surface area contributed by atoms with Crippen molar-refractivity contribution in [1.29, 1.82) is 0 Å². The minimum absolute atomic E-state index is 0.0214. The van der Waals surface area contributed by atoms with Crippen LogP contribution in [0.5, 0.6) is 0 Å². The minimum Gasteiger partial charge on any atom is -0.416 e. The van der Waals surface area contributed by atoms with Gasteiger partial charge in [-0.2, -0.15) is 0 Å². The number of carbonyl (C=O) groups is 1. The topological polar surface area (TPSA) is 59.2 Å². The quantitative estimate of drug-likeness (QED) is 0.725. The number of hydrogen-bond donors (Lipinski definition) is 0. The average molecular weight is 372 g/mol. The maximum Gasteiger partial charge on any atom is 0.277 e. The number of hydrogen-bond acceptors (Lipinski definition) is 5. The Labute approximate surface area is 149 Å². The third-order valence-corrected chi connectivity index (χ3v) is 5.08. The molecule has 0 saturated carbocycles. The molecule has 0 aliphatic carbocycles. The van der Waals surface area contributed by atoms with Crippen molar-refractivity contribution in [2.45, 2.75) is 30.7 Å². The molecular formula is C16H19ClFN3O2S. The summed E-state index contributed by atoms with van der Waals surface area (Å²) in [6.07, 6.45) is 0.104. The molecule has 24 heavy (non-hydrogen) atoms. The van der Waals surface area contributed by atoms with Gasteiger partial charge in [-0.1, -0.05) is 43.3 Å². The van der Waals surface area contributed by atoms with E-state index in [4.69, 9.17) is 16.0 Å². The summed E-state index contributed by atoms with van der Waals surface area (Å²) in [5, 5.41) is 8.13. The van der Waals surface area contributed by atoms with Crippen molar-refractivity contribution in [3.8, 4) is 0 Å². The summed E-state index contributed by atoms with van der Waals surface area (Å²) >= 11 is 7.22. The Kier molecular flexibility index (Phi) is 6.23. The zero-order valence-electron chi connectivity index (χ0n) is 13.9. The summed E-state index contributed by atoms with van der Waals surface area (Å²) in [4.78, 5) is 13.8. The van der Waals surface area contributed by atoms with Crippen molar-refractivity contribution in [2.75, 3.05) is 14.1 Å². The number of aromatic nitrogens is 2. The normalized spacial score (nSPS) is 12.5. The lowest BCUT2D eigenvalue weighted by molar-refractivity contribution is -0.128. The first-order valence-electron chi connectivity index (χ1n) is 7.42. The third kappa shape index (κ3) is 4.48. The van der Waals surface area contributed by atoms with Crippen molar-refractivity contribution < 1.29 is 13.6 Å². The fourth-order valence-corrected chi connectivity index (χ4v) is 3.31. The van der Waals surface area contributed by atoms with Crippen LogP contribution in [0.4, 0.5) is 4.39 Å². The lowest BCUT2D eigenvalue weighted by Gasteiger charge is -2.21. The molecule has 2 aromatic rings. The lowest BCUT2D eigenvalue weighted by atomic mass is 10.1. The summed E-state index contributed by atoms with van der Waals surface area (Å²) in [7, 11) is 3.41. The molecule has 0 spiro atoms. The number of nitrogens with zero attached hydrogens (tertiary/aromatic N) is 3. The van der Waals surface area contributed by atoms with Crippen LogP contribution < -0.4 is 0 Å². The molecule has 1 aromatic heterocycles. The fraction of sp³-hybridized carbons (Fsp3) is 0.438. The number of carbonyl (C=O) groups excluding carboxylic acids is 1. The van der Waals surface area contributed by atoms with Crippen molar-refractivity contribution in [1.82, 2.24) is 15.1 Å². The summed E-state index contributed by atoms with van der Waals surface area (Å²) < 4.78 is 19.4. The number of thioether (sulfide) groups is 1. The largest absolute Gasteiger partial charge is 0.416 e. The Bertz CT molecular complexity index is 701. The second-order valence-electron chi connectivity index (χ2n) is 5.85. The van der Waals surface area contributed by atoms with Gasteiger partial charge in [-0.25, -0.2) is 4.39 Å². The molecule has 5 nitrogen and oxygen atoms in total. The summed E-state index contributed by atoms with van der Waals surface area (Å²) in [6, 6.07) is 4.48. The van der Waals surface area contributed by atoms with Gasteiger partial charge in [0.2, 0.25) is 11.8 Å². The van der Waals surface area contributed by atoms with E-state index in [0.29, 0.717) is 10.6 Å². The smallest absolute Gasteiger partial charge is 0.277 e. The van der Waals surface area contributed by atoms with Crippen LogP contribution >= 0.6 is 23.4 Å². The van der Waals surface area contributed by atoms with Crippen LogP contribution in [-0.4, -0.2) is 40.3 Å². The number of amides is 1. The third-order valence-electron chi connectivity index (χ3n) is 3.36. The van der Waals surface area contributed by atoms with Crippen molar-refractivity contribution in [3.05, 3.63) is 40.5 Å². The molecule has 2 rings (SSSR count). The lowest BCUT2D eigenvalue weighted by Crippen LogP contribution is -2.34. The molecule has 0 bridgehead atoms. The van der Waals surface area contributed by atoms with E-state index in [1.165, 1.54) is 28.8 Å². The second-order valence-corrected chi connectivity index (χ2v) is 7.35. The maximum absolute atomic E-state index is 13.8. The van der Waals surface area contributed by atoms with E-state index < -0.39 is 5.82 Å². The van der Waals surface area contributed by atoms with Crippen molar-refractivity contribution in [3.63, 3.8) is 0 Å². The fourth-order valence-electron chi connectivity index (χ4n) is 2.04. The molecule has 8 heteroatoms. The molecule has 0 aliphatic rings. The van der Waals surface area contributed by atoms with Gasteiger partial charge in [-0.3, -0.25) is 4.79 Å². The highest BCUT2D eigenvalue weighted by Gasteiger charge is 2.27. The molecule has 0 N–H and O–H groups in total. The molecule has 0 saturated heterocycles. The van der Waals surface area contributed by atoms with E-state index in [9.17, 15) is 9.18 Å². The van der Waals surface area contributed by atoms with Gasteiger partial charge in [0.05, 0.1) is 11.7 Å². The van der Waals surface area contributed by atoms with E-state index >= 15 is 0 Å². The standard InChI is InChI=1S/C16H19ClFN3O2S/c1-9(2)14(15(22)21(3)4)24-16-20-19-13(23-16)8-10-11(17)6-5-7-12(10)18/h5-7,9,14H,8H2,1-4H3. The minimum atomic E-state index is -0.419. The van der Waals surface area contributed by atoms with Gasteiger partial charge < -0.3 is 9.32 Å². The highest BCUT2D eigenvalue weighted by molar-refractivity contribution is 8.00. The Morgan fingerprint density at radius 1 is 1.38 bits per heavy atom. The highest BCUT2D eigenvalue weighted by Crippen LogP contribution is 2.29. The zero-order valence-corrected chi connectivity index (χ0v) is 15.5. The van der Waals surface area contributed by atoms with E-state index in [-0.39, 0.29) is 34.6 Å². The molecular weight excluding hydrogens is 353 g/mol. The first-order chi connectivity index (χ1) is 11.3. The Balaban J connectivity index is 2.14. The van der Waals surface area contributed by atoms with Gasteiger partial charge in [-0.15, -0.1) is 10.2 Å². The monoisotopic (exact) mass is 371 g/mol. The van der Waals surface area contributed by atoms with Crippen LogP contribution in [0.1, 0.15) is 25.3 Å². The SMILES string of the molecule is CC(C)C(Sc1nnc(Cc2c(F)cccc2Cl)o1)C(=O)N(C)C. The van der Waals surface area contributed by atoms with Gasteiger partial charge in [0.15, 0.2) is 0 Å². The summed E-state index contributed by atoms with van der Waals surface area (Å²) in [5.41, 5.74) is 0.309. The number of benzene rings is 1. The Morgan fingerprint density at radius 2 is 2.08 bits per heavy atom. The summed E-state index contributed by atoms with van der Waals surface area (Å²) in [5.74, 6) is -0.0878.